The highest BCUT2D eigenvalue weighted by molar-refractivity contribution is 7.09. The highest BCUT2D eigenvalue weighted by Crippen LogP contribution is 2.39. The molecule has 5 aromatic rings. The molecule has 0 aliphatic carbocycles. The van der Waals surface area contributed by atoms with Gasteiger partial charge in [-0.15, -0.1) is 16.4 Å². The van der Waals surface area contributed by atoms with Crippen molar-refractivity contribution in [2.24, 2.45) is 0 Å². The molecule has 2 N–H and O–H groups in total. The van der Waals surface area contributed by atoms with E-state index in [4.69, 9.17) is 14.7 Å². The van der Waals surface area contributed by atoms with Gasteiger partial charge in [-0.2, -0.15) is 18.4 Å². The summed E-state index contributed by atoms with van der Waals surface area (Å²) in [5, 5.41) is 20.9. The number of nitriles is 1. The van der Waals surface area contributed by atoms with Crippen LogP contribution in [0.3, 0.4) is 0 Å². The monoisotopic (exact) mass is 832 g/mol. The Balaban J connectivity index is 0.00000650. The summed E-state index contributed by atoms with van der Waals surface area (Å²) in [5.74, 6) is -4.69. The number of hydrogen-bond donors (Lipinski definition) is 2. The van der Waals surface area contributed by atoms with Crippen LogP contribution in [0, 0.1) is 36.8 Å². The van der Waals surface area contributed by atoms with Crippen molar-refractivity contribution in [1.29, 1.82) is 5.26 Å². The Kier molecular flexibility index (Phi) is 13.4. The Morgan fingerprint density at radius 2 is 1.76 bits per heavy atom. The zero-order valence-corrected chi connectivity index (χ0v) is 31.8. The van der Waals surface area contributed by atoms with Crippen molar-refractivity contribution >= 4 is 23.3 Å². The number of rotatable bonds is 13. The molecule has 2 heterocycles. The van der Waals surface area contributed by atoms with Gasteiger partial charge in [0, 0.05) is 34.1 Å². The fourth-order valence-electron chi connectivity index (χ4n) is 5.79. The van der Waals surface area contributed by atoms with E-state index in [-0.39, 0.29) is 42.2 Å². The van der Waals surface area contributed by atoms with E-state index in [1.807, 2.05) is 6.07 Å². The number of aromatic amines is 1. The molecule has 0 fully saturated rings. The van der Waals surface area contributed by atoms with E-state index in [1.165, 1.54) is 17.7 Å². The maximum absolute atomic E-state index is 15.7. The van der Waals surface area contributed by atoms with Crippen molar-refractivity contribution < 1.29 is 62.6 Å². The van der Waals surface area contributed by atoms with Crippen LogP contribution in [0.1, 0.15) is 52.0 Å². The maximum atomic E-state index is 15.7. The summed E-state index contributed by atoms with van der Waals surface area (Å²) >= 11 is 1.19. The van der Waals surface area contributed by atoms with Crippen LogP contribution >= 0.6 is 11.3 Å². The number of carbonyl (C=O) groups excluding carboxylic acids is 2. The van der Waals surface area contributed by atoms with Gasteiger partial charge in [-0.05, 0) is 87.3 Å². The summed E-state index contributed by atoms with van der Waals surface area (Å²) in [4.78, 5) is 29.6. The lowest BCUT2D eigenvalue weighted by atomic mass is 9.84. The van der Waals surface area contributed by atoms with Gasteiger partial charge < -0.3 is 31.8 Å². The first kappa shape index (κ1) is 41.7. The maximum Gasteiger partial charge on any atom is 0.490 e. The average Bonchev–Trinajstić information content (AvgIpc) is 3.77. The second-order valence-corrected chi connectivity index (χ2v) is 13.4. The number of ether oxygens (including phenoxy) is 2. The number of halogens is 6. The summed E-state index contributed by atoms with van der Waals surface area (Å²) in [6.07, 6.45) is -5.05. The van der Waals surface area contributed by atoms with Crippen LogP contribution in [0.25, 0.3) is 11.3 Å². The number of nitrogens with one attached hydrogen (secondary N) is 2. The molecular formula is C37H34BrF5N6O4S. The summed E-state index contributed by atoms with van der Waals surface area (Å²) in [6.45, 7) is 5.29. The lowest BCUT2D eigenvalue weighted by Gasteiger charge is -2.33. The number of alkyl halides is 3. The predicted octanol–water partition coefficient (Wildman–Crippen LogP) is 3.33. The van der Waals surface area contributed by atoms with Crippen LogP contribution in [0.4, 0.5) is 22.0 Å². The second kappa shape index (κ2) is 17.4. The zero-order chi connectivity index (χ0) is 38.5. The number of benzene rings is 3. The van der Waals surface area contributed by atoms with E-state index >= 15 is 4.39 Å². The number of esters is 2. The Morgan fingerprint density at radius 3 is 2.37 bits per heavy atom. The van der Waals surface area contributed by atoms with Gasteiger partial charge >= 0.3 is 18.1 Å². The van der Waals surface area contributed by atoms with Crippen LogP contribution in [-0.4, -0.2) is 46.4 Å². The van der Waals surface area contributed by atoms with Crippen molar-refractivity contribution in [2.75, 3.05) is 7.05 Å². The minimum atomic E-state index is -5.44. The van der Waals surface area contributed by atoms with E-state index < -0.39 is 53.4 Å². The van der Waals surface area contributed by atoms with Crippen LogP contribution in [0.5, 0.6) is 5.75 Å². The van der Waals surface area contributed by atoms with Gasteiger partial charge in [0.1, 0.15) is 23.4 Å². The molecule has 17 heteroatoms. The molecule has 0 amide bonds. The number of aryl methyl sites for hydroxylation is 3. The molecule has 0 radical (unpaired) electrons. The molecule has 2 unspecified atom stereocenters. The number of hydrogen-bond acceptors (Lipinski definition) is 9. The molecule has 0 spiro atoms. The first-order chi connectivity index (χ1) is 25.1. The van der Waals surface area contributed by atoms with Gasteiger partial charge in [0.05, 0.1) is 35.3 Å². The average molecular weight is 834 g/mol. The van der Waals surface area contributed by atoms with Gasteiger partial charge in [-0.1, -0.05) is 12.1 Å². The van der Waals surface area contributed by atoms with Gasteiger partial charge in [-0.3, -0.25) is 0 Å². The molecule has 0 saturated heterocycles. The zero-order valence-electron chi connectivity index (χ0n) is 29.4. The summed E-state index contributed by atoms with van der Waals surface area (Å²) in [6, 6.07) is 14.0. The number of likely N-dealkylation sites (N-methyl/N-ethyl adjacent to an activating group) is 1. The standard InChI is InChI=1S/C37H33F5N6O4S.BrH/c1-21-13-25(14-22(2)33(21)51-34(49)23(3)44-4)18-48-20-45-47-31(48)16-36(52-35(50)37(40,41)42,28-10-9-27(38)15-29(28)39)12-11-32-46-30(19-53-32)26-7-5-24(17-43)6-8-26;/h5-10,13-15,19-20,23,44H,11-12,16,18H2,1-4H3;1H. The third-order valence-electron chi connectivity index (χ3n) is 8.60. The van der Waals surface area contributed by atoms with Crippen molar-refractivity contribution in [3.8, 4) is 23.1 Å². The minimum Gasteiger partial charge on any atom is -1.00 e. The van der Waals surface area contributed by atoms with E-state index in [0.717, 1.165) is 12.1 Å². The Hall–Kier alpha value is -5.05. The molecule has 0 saturated carbocycles. The van der Waals surface area contributed by atoms with Gasteiger partial charge in [0.25, 0.3) is 6.33 Å². The van der Waals surface area contributed by atoms with Gasteiger partial charge in [-0.25, -0.2) is 27.9 Å². The fraction of sp³-hybridized carbons (Fsp3) is 0.297. The molecule has 3 aromatic carbocycles. The third-order valence-corrected chi connectivity index (χ3v) is 9.51. The van der Waals surface area contributed by atoms with Crippen LogP contribution < -0.4 is 31.6 Å². The van der Waals surface area contributed by atoms with Crippen molar-refractivity contribution in [3.05, 3.63) is 117 Å². The van der Waals surface area contributed by atoms with Crippen LogP contribution in [0.2, 0.25) is 0 Å². The molecule has 5 rings (SSSR count). The summed E-state index contributed by atoms with van der Waals surface area (Å²) < 4.78 is 83.7. The lowest BCUT2D eigenvalue weighted by molar-refractivity contribution is -0.696. The minimum absolute atomic E-state index is 0. The molecule has 2 aromatic heterocycles. The number of carbonyl (C=O) groups is 2. The molecular weight excluding hydrogens is 799 g/mol. The van der Waals surface area contributed by atoms with Crippen molar-refractivity contribution in [3.63, 3.8) is 0 Å². The molecule has 0 bridgehead atoms. The van der Waals surface area contributed by atoms with Crippen LogP contribution in [-0.2, 0) is 39.3 Å². The Bertz CT molecular complexity index is 2150. The smallest absolute Gasteiger partial charge is 0.490 e. The summed E-state index contributed by atoms with van der Waals surface area (Å²) in [7, 11) is 1.63. The third kappa shape index (κ3) is 9.73. The van der Waals surface area contributed by atoms with Crippen molar-refractivity contribution in [2.45, 2.75) is 64.4 Å². The largest absolute Gasteiger partial charge is 1.00 e. The molecule has 10 nitrogen and oxygen atoms in total. The quantitative estimate of drug-likeness (QED) is 0.0800. The molecule has 2 atom stereocenters. The molecule has 0 aliphatic rings. The van der Waals surface area contributed by atoms with Gasteiger partial charge in [0.2, 0.25) is 5.82 Å². The van der Waals surface area contributed by atoms with E-state index in [0.29, 0.717) is 50.3 Å². The molecule has 54 heavy (non-hydrogen) atoms. The first-order valence-corrected chi connectivity index (χ1v) is 17.1. The van der Waals surface area contributed by atoms with Crippen LogP contribution in [0.15, 0.2) is 66.3 Å². The van der Waals surface area contributed by atoms with Gasteiger partial charge in [0.15, 0.2) is 5.60 Å². The fourth-order valence-corrected chi connectivity index (χ4v) is 6.60. The topological polar surface area (TPSA) is 134 Å². The number of nitrogens with zero attached hydrogens (tertiary/aromatic N) is 4. The SMILES string of the molecule is CNC(C)C(=O)Oc1c(C)cc(C[n+]2cn[nH]c2CC(CCc2nc(-c3ccc(C#N)cc3)cs2)(OC(=O)C(F)(F)F)c2ccc(F)cc2F)cc1C.[Br-]. The van der Waals surface area contributed by atoms with E-state index in [2.05, 4.69) is 20.5 Å². The summed E-state index contributed by atoms with van der Waals surface area (Å²) in [5.41, 5.74) is 0.866. The predicted molar refractivity (Wildman–Crippen MR) is 182 cm³/mol. The van der Waals surface area contributed by atoms with Crippen molar-refractivity contribution in [1.82, 2.24) is 20.5 Å². The normalized spacial score (nSPS) is 13.0. The molecule has 284 valence electrons. The second-order valence-electron chi connectivity index (χ2n) is 12.4. The number of thiazole rings is 1. The number of aromatic nitrogens is 4. The number of H-pyrrole nitrogens is 1. The Labute approximate surface area is 321 Å². The lowest BCUT2D eigenvalue weighted by Crippen LogP contribution is -3.00. The first-order valence-electron chi connectivity index (χ1n) is 16.2. The van der Waals surface area contributed by atoms with E-state index in [1.54, 1.807) is 74.2 Å². The highest BCUT2D eigenvalue weighted by Gasteiger charge is 2.49. The highest BCUT2D eigenvalue weighted by atomic mass is 79.9. The molecule has 0 aliphatic heterocycles. The van der Waals surface area contributed by atoms with E-state index in [9.17, 15) is 27.2 Å². The Morgan fingerprint density at radius 1 is 1.07 bits per heavy atom.